The normalized spacial score (nSPS) is 45.0. The molecule has 4 heteroatoms. The lowest BCUT2D eigenvalue weighted by Gasteiger charge is -2.55. The van der Waals surface area contributed by atoms with E-state index in [2.05, 4.69) is 35.3 Å². The zero-order valence-corrected chi connectivity index (χ0v) is 14.3. The van der Waals surface area contributed by atoms with E-state index < -0.39 is 0 Å². The Hall–Kier alpha value is 1.01. The van der Waals surface area contributed by atoms with Gasteiger partial charge in [0.15, 0.2) is 0 Å². The number of hydrogen-bond donors (Lipinski definition) is 1. The van der Waals surface area contributed by atoms with Crippen LogP contribution in [0.25, 0.3) is 0 Å². The first-order valence-corrected chi connectivity index (χ1v) is 11.0. The van der Waals surface area contributed by atoms with Crippen LogP contribution in [0.5, 0.6) is 0 Å². The molecular formula is C15H27NS3. The van der Waals surface area contributed by atoms with Crippen molar-refractivity contribution in [1.82, 2.24) is 0 Å². The van der Waals surface area contributed by atoms with E-state index in [1.54, 1.807) is 0 Å². The monoisotopic (exact) mass is 317 g/mol. The van der Waals surface area contributed by atoms with Gasteiger partial charge in [-0.3, -0.25) is 0 Å². The fraction of sp³-hybridized carbons (Fsp3) is 1.00. The molecule has 0 amide bonds. The van der Waals surface area contributed by atoms with E-state index in [0.717, 1.165) is 5.25 Å². The molecule has 2 N–H and O–H groups in total. The Bertz CT molecular complexity index is 290. The van der Waals surface area contributed by atoms with Gasteiger partial charge in [-0.1, -0.05) is 12.8 Å². The van der Waals surface area contributed by atoms with Crippen LogP contribution in [0, 0.1) is 0 Å². The van der Waals surface area contributed by atoms with Gasteiger partial charge in [0.1, 0.15) is 0 Å². The number of rotatable bonds is 2. The number of hydrogen-bond acceptors (Lipinski definition) is 4. The summed E-state index contributed by atoms with van der Waals surface area (Å²) in [7, 11) is 0. The minimum absolute atomic E-state index is 0.0609. The molecule has 3 atom stereocenters. The van der Waals surface area contributed by atoms with E-state index in [0.29, 0.717) is 4.75 Å². The molecule has 0 aromatic rings. The molecule has 0 aromatic heterocycles. The standard InChI is InChI=1S/C15H27NS3/c16-15(9-3-6-12-19-15)14(8-2-5-11-18-14)13-7-1-4-10-17-13/h13H,1-12,16H2. The molecule has 19 heavy (non-hydrogen) atoms. The molecule has 3 unspecified atom stereocenters. The van der Waals surface area contributed by atoms with Gasteiger partial charge >= 0.3 is 0 Å². The molecule has 0 bridgehead atoms. The first-order chi connectivity index (χ1) is 9.27. The highest BCUT2D eigenvalue weighted by Gasteiger charge is 2.55. The van der Waals surface area contributed by atoms with Crippen molar-refractivity contribution in [3.8, 4) is 0 Å². The molecule has 0 saturated carbocycles. The van der Waals surface area contributed by atoms with Crippen molar-refractivity contribution in [2.45, 2.75) is 72.7 Å². The first-order valence-electron chi connectivity index (χ1n) is 7.95. The Morgan fingerprint density at radius 1 is 0.789 bits per heavy atom. The summed E-state index contributed by atoms with van der Waals surface area (Å²) < 4.78 is 0.376. The molecule has 3 fully saturated rings. The Kier molecular flexibility index (Phi) is 5.04. The summed E-state index contributed by atoms with van der Waals surface area (Å²) in [5, 5.41) is 0.821. The van der Waals surface area contributed by atoms with Gasteiger partial charge in [-0.05, 0) is 62.2 Å². The second-order valence-corrected chi connectivity index (χ2v) is 10.4. The lowest BCUT2D eigenvalue weighted by molar-refractivity contribution is 0.331. The summed E-state index contributed by atoms with van der Waals surface area (Å²) in [6.45, 7) is 0. The summed E-state index contributed by atoms with van der Waals surface area (Å²) in [6, 6.07) is 0. The van der Waals surface area contributed by atoms with Crippen LogP contribution in [0.4, 0.5) is 0 Å². The molecule has 0 aromatic carbocycles. The molecule has 3 heterocycles. The third-order valence-corrected chi connectivity index (χ3v) is 10.3. The van der Waals surface area contributed by atoms with Crippen molar-refractivity contribution >= 4 is 35.3 Å². The molecule has 1 nitrogen and oxygen atoms in total. The molecule has 110 valence electrons. The second-order valence-electron chi connectivity index (χ2n) is 6.25. The zero-order valence-electron chi connectivity index (χ0n) is 11.9. The Balaban J connectivity index is 1.86. The highest BCUT2D eigenvalue weighted by atomic mass is 32.2. The third-order valence-electron chi connectivity index (χ3n) is 5.02. The maximum atomic E-state index is 7.03. The molecule has 3 aliphatic heterocycles. The Labute approximate surface area is 131 Å². The van der Waals surface area contributed by atoms with Gasteiger partial charge in [-0.25, -0.2) is 0 Å². The van der Waals surface area contributed by atoms with Gasteiger partial charge in [-0.2, -0.15) is 23.5 Å². The van der Waals surface area contributed by atoms with Crippen LogP contribution in [0.3, 0.4) is 0 Å². The topological polar surface area (TPSA) is 26.0 Å². The van der Waals surface area contributed by atoms with Crippen molar-refractivity contribution in [2.24, 2.45) is 5.73 Å². The SMILES string of the molecule is NC1(C2(C3CCCCS3)CCCCS2)CCCCS1. The van der Waals surface area contributed by atoms with Crippen molar-refractivity contribution in [2.75, 3.05) is 17.3 Å². The highest BCUT2D eigenvalue weighted by molar-refractivity contribution is 8.06. The van der Waals surface area contributed by atoms with Crippen LogP contribution in [0.2, 0.25) is 0 Å². The summed E-state index contributed by atoms with van der Waals surface area (Å²) in [4.78, 5) is 0.0609. The highest BCUT2D eigenvalue weighted by Crippen LogP contribution is 2.57. The third kappa shape index (κ3) is 2.84. The van der Waals surface area contributed by atoms with Crippen LogP contribution in [-0.4, -0.2) is 32.1 Å². The van der Waals surface area contributed by atoms with Crippen LogP contribution >= 0.6 is 35.3 Å². The van der Waals surface area contributed by atoms with Crippen molar-refractivity contribution in [1.29, 1.82) is 0 Å². The first kappa shape index (κ1) is 14.9. The van der Waals surface area contributed by atoms with Gasteiger partial charge in [0, 0.05) is 5.25 Å². The fourth-order valence-electron chi connectivity index (χ4n) is 3.93. The average molecular weight is 318 g/mol. The lowest BCUT2D eigenvalue weighted by atomic mass is 9.83. The molecule has 3 saturated heterocycles. The molecule has 0 radical (unpaired) electrons. The van der Waals surface area contributed by atoms with Crippen LogP contribution in [-0.2, 0) is 0 Å². The number of nitrogens with two attached hydrogens (primary N) is 1. The maximum Gasteiger partial charge on any atom is 0.0779 e. The Morgan fingerprint density at radius 2 is 1.53 bits per heavy atom. The molecule has 3 rings (SSSR count). The molecule has 0 spiro atoms. The largest absolute Gasteiger partial charge is 0.316 e. The second kappa shape index (κ2) is 6.41. The van der Waals surface area contributed by atoms with Gasteiger partial charge in [-0.15, -0.1) is 11.8 Å². The fourth-order valence-corrected chi connectivity index (χ4v) is 9.50. The number of thioether (sulfide) groups is 3. The van der Waals surface area contributed by atoms with E-state index in [1.807, 2.05) is 0 Å². The summed E-state index contributed by atoms with van der Waals surface area (Å²) in [6.07, 6.45) is 12.4. The van der Waals surface area contributed by atoms with Crippen LogP contribution in [0.1, 0.15) is 57.8 Å². The lowest BCUT2D eigenvalue weighted by Crippen LogP contribution is -2.63. The quantitative estimate of drug-likeness (QED) is 0.811. The smallest absolute Gasteiger partial charge is 0.0779 e. The van der Waals surface area contributed by atoms with Gasteiger partial charge in [0.05, 0.1) is 9.62 Å². The van der Waals surface area contributed by atoms with Crippen molar-refractivity contribution in [3.63, 3.8) is 0 Å². The minimum atomic E-state index is 0.0609. The molecule has 0 aliphatic carbocycles. The van der Waals surface area contributed by atoms with E-state index in [4.69, 9.17) is 5.73 Å². The van der Waals surface area contributed by atoms with Crippen molar-refractivity contribution < 1.29 is 0 Å². The van der Waals surface area contributed by atoms with Gasteiger partial charge in [0.2, 0.25) is 0 Å². The minimum Gasteiger partial charge on any atom is -0.316 e. The van der Waals surface area contributed by atoms with E-state index >= 15 is 0 Å². The predicted molar refractivity (Wildman–Crippen MR) is 92.4 cm³/mol. The maximum absolute atomic E-state index is 7.03. The van der Waals surface area contributed by atoms with Crippen molar-refractivity contribution in [3.05, 3.63) is 0 Å². The van der Waals surface area contributed by atoms with E-state index in [-0.39, 0.29) is 4.87 Å². The molecular weight excluding hydrogens is 290 g/mol. The van der Waals surface area contributed by atoms with E-state index in [9.17, 15) is 0 Å². The van der Waals surface area contributed by atoms with Crippen LogP contribution < -0.4 is 5.73 Å². The summed E-state index contributed by atoms with van der Waals surface area (Å²) >= 11 is 6.61. The summed E-state index contributed by atoms with van der Waals surface area (Å²) in [5.74, 6) is 4.00. The summed E-state index contributed by atoms with van der Waals surface area (Å²) in [5.41, 5.74) is 7.03. The molecule has 3 aliphatic rings. The Morgan fingerprint density at radius 3 is 2.11 bits per heavy atom. The van der Waals surface area contributed by atoms with Gasteiger partial charge in [0.25, 0.3) is 0 Å². The van der Waals surface area contributed by atoms with E-state index in [1.165, 1.54) is 75.0 Å². The predicted octanol–water partition coefficient (Wildman–Crippen LogP) is 4.50. The van der Waals surface area contributed by atoms with Crippen LogP contribution in [0.15, 0.2) is 0 Å². The zero-order chi connectivity index (χ0) is 13.2. The van der Waals surface area contributed by atoms with Gasteiger partial charge < -0.3 is 5.73 Å². The average Bonchev–Trinajstić information content (AvgIpc) is 2.49.